The first-order chi connectivity index (χ1) is 13.1. The van der Waals surface area contributed by atoms with Gasteiger partial charge in [-0.3, -0.25) is 4.99 Å². The molecule has 0 aliphatic rings. The monoisotopic (exact) mass is 387 g/mol. The van der Waals surface area contributed by atoms with Gasteiger partial charge in [-0.1, -0.05) is 18.2 Å². The maximum atomic E-state index is 9.69. The highest BCUT2D eigenvalue weighted by Crippen LogP contribution is 2.26. The van der Waals surface area contributed by atoms with Gasteiger partial charge in [-0.05, 0) is 55.0 Å². The van der Waals surface area contributed by atoms with Crippen molar-refractivity contribution < 1.29 is 9.84 Å². The summed E-state index contributed by atoms with van der Waals surface area (Å²) in [6.45, 7) is 4.35. The number of thioether (sulfide) groups is 1. The SMILES string of the molecule is CCNC(=NCCc1ccc(O)c(OC)c1)N(C)Cc1ccc(SC)cc1. The molecule has 0 saturated carbocycles. The van der Waals surface area contributed by atoms with E-state index in [-0.39, 0.29) is 5.75 Å². The van der Waals surface area contributed by atoms with Gasteiger partial charge in [0.1, 0.15) is 0 Å². The number of ether oxygens (including phenoxy) is 1. The lowest BCUT2D eigenvalue weighted by Crippen LogP contribution is -2.38. The number of hydrogen-bond donors (Lipinski definition) is 2. The highest BCUT2D eigenvalue weighted by atomic mass is 32.2. The number of hydrogen-bond acceptors (Lipinski definition) is 4. The Hall–Kier alpha value is -2.34. The zero-order valence-corrected chi connectivity index (χ0v) is 17.3. The number of aromatic hydroxyl groups is 1. The highest BCUT2D eigenvalue weighted by Gasteiger charge is 2.07. The van der Waals surface area contributed by atoms with E-state index in [0.717, 1.165) is 31.0 Å². The van der Waals surface area contributed by atoms with Gasteiger partial charge in [0, 0.05) is 31.6 Å². The van der Waals surface area contributed by atoms with Crippen LogP contribution in [0.5, 0.6) is 11.5 Å². The number of nitrogens with one attached hydrogen (secondary N) is 1. The first-order valence-corrected chi connectivity index (χ1v) is 10.3. The summed E-state index contributed by atoms with van der Waals surface area (Å²) < 4.78 is 5.16. The van der Waals surface area contributed by atoms with Crippen LogP contribution < -0.4 is 10.1 Å². The van der Waals surface area contributed by atoms with Gasteiger partial charge in [0.15, 0.2) is 17.5 Å². The second-order valence-electron chi connectivity index (χ2n) is 6.20. The van der Waals surface area contributed by atoms with Crippen molar-refractivity contribution in [2.24, 2.45) is 4.99 Å². The van der Waals surface area contributed by atoms with Gasteiger partial charge < -0.3 is 20.1 Å². The summed E-state index contributed by atoms with van der Waals surface area (Å²) in [7, 11) is 3.61. The molecule has 27 heavy (non-hydrogen) atoms. The number of rotatable bonds is 8. The minimum atomic E-state index is 0.158. The van der Waals surface area contributed by atoms with Crippen molar-refractivity contribution in [3.8, 4) is 11.5 Å². The van der Waals surface area contributed by atoms with E-state index in [0.29, 0.717) is 12.3 Å². The van der Waals surface area contributed by atoms with Crippen LogP contribution >= 0.6 is 11.8 Å². The molecule has 2 rings (SSSR count). The fourth-order valence-corrected chi connectivity index (χ4v) is 3.13. The lowest BCUT2D eigenvalue weighted by molar-refractivity contribution is 0.373. The van der Waals surface area contributed by atoms with Crippen LogP contribution in [-0.4, -0.2) is 49.5 Å². The smallest absolute Gasteiger partial charge is 0.193 e. The third kappa shape index (κ3) is 6.40. The Morgan fingerprint density at radius 1 is 1.19 bits per heavy atom. The third-order valence-corrected chi connectivity index (χ3v) is 4.93. The Bertz CT molecular complexity index is 748. The van der Waals surface area contributed by atoms with E-state index >= 15 is 0 Å². The zero-order valence-electron chi connectivity index (χ0n) is 16.5. The van der Waals surface area contributed by atoms with Crippen molar-refractivity contribution in [1.29, 1.82) is 0 Å². The highest BCUT2D eigenvalue weighted by molar-refractivity contribution is 7.98. The third-order valence-electron chi connectivity index (χ3n) is 4.18. The molecule has 2 aromatic rings. The normalized spacial score (nSPS) is 11.3. The van der Waals surface area contributed by atoms with Crippen LogP contribution in [0.15, 0.2) is 52.4 Å². The van der Waals surface area contributed by atoms with Crippen LogP contribution in [0.4, 0.5) is 0 Å². The van der Waals surface area contributed by atoms with E-state index in [4.69, 9.17) is 9.73 Å². The maximum absolute atomic E-state index is 9.69. The maximum Gasteiger partial charge on any atom is 0.193 e. The Morgan fingerprint density at radius 2 is 1.89 bits per heavy atom. The van der Waals surface area contributed by atoms with Gasteiger partial charge in [-0.25, -0.2) is 0 Å². The molecule has 2 aromatic carbocycles. The predicted molar refractivity (Wildman–Crippen MR) is 114 cm³/mol. The van der Waals surface area contributed by atoms with E-state index in [1.807, 2.05) is 19.2 Å². The molecule has 0 bridgehead atoms. The number of phenols is 1. The molecule has 146 valence electrons. The first kappa shape index (κ1) is 21.0. The van der Waals surface area contributed by atoms with E-state index in [9.17, 15) is 5.11 Å². The molecule has 0 spiro atoms. The van der Waals surface area contributed by atoms with Crippen molar-refractivity contribution in [1.82, 2.24) is 10.2 Å². The van der Waals surface area contributed by atoms with Crippen LogP contribution in [0, 0.1) is 0 Å². The minimum Gasteiger partial charge on any atom is -0.504 e. The number of phenolic OH excluding ortho intramolecular Hbond substituents is 1. The van der Waals surface area contributed by atoms with E-state index < -0.39 is 0 Å². The summed E-state index contributed by atoms with van der Waals surface area (Å²) in [5.41, 5.74) is 2.34. The standard InChI is InChI=1S/C21H29N3O2S/c1-5-22-21(24(2)15-17-6-9-18(27-4)10-7-17)23-13-12-16-8-11-19(25)20(14-16)26-3/h6-11,14,25H,5,12-13,15H2,1-4H3,(H,22,23). The molecule has 6 heteroatoms. The van der Waals surface area contributed by atoms with Crippen LogP contribution in [-0.2, 0) is 13.0 Å². The molecule has 0 atom stereocenters. The Kier molecular flexibility index (Phi) is 8.33. The number of nitrogens with zero attached hydrogens (tertiary/aromatic N) is 2. The van der Waals surface area contributed by atoms with Crippen LogP contribution in [0.1, 0.15) is 18.1 Å². The second kappa shape index (κ2) is 10.7. The molecule has 5 nitrogen and oxygen atoms in total. The molecule has 0 amide bonds. The number of aliphatic imine (C=N–C) groups is 1. The second-order valence-corrected chi connectivity index (χ2v) is 7.08. The number of guanidine groups is 1. The van der Waals surface area contributed by atoms with Crippen molar-refractivity contribution in [3.05, 3.63) is 53.6 Å². The number of benzene rings is 2. The van der Waals surface area contributed by atoms with Crippen molar-refractivity contribution in [2.45, 2.75) is 24.8 Å². The lowest BCUT2D eigenvalue weighted by atomic mass is 10.1. The summed E-state index contributed by atoms with van der Waals surface area (Å²) >= 11 is 1.75. The van der Waals surface area contributed by atoms with Crippen LogP contribution in [0.2, 0.25) is 0 Å². The molecule has 0 fully saturated rings. The van der Waals surface area contributed by atoms with Gasteiger partial charge in [0.25, 0.3) is 0 Å². The largest absolute Gasteiger partial charge is 0.504 e. The van der Waals surface area contributed by atoms with Crippen molar-refractivity contribution in [2.75, 3.05) is 33.5 Å². The molecule has 2 N–H and O–H groups in total. The molecule has 0 unspecified atom stereocenters. The summed E-state index contributed by atoms with van der Waals surface area (Å²) in [5.74, 6) is 1.54. The summed E-state index contributed by atoms with van der Waals surface area (Å²) in [6.07, 6.45) is 2.86. The lowest BCUT2D eigenvalue weighted by Gasteiger charge is -2.22. The quantitative estimate of drug-likeness (QED) is 0.410. The first-order valence-electron chi connectivity index (χ1n) is 9.05. The molecular weight excluding hydrogens is 358 g/mol. The van der Waals surface area contributed by atoms with Crippen molar-refractivity contribution in [3.63, 3.8) is 0 Å². The Balaban J connectivity index is 1.99. The fraction of sp³-hybridized carbons (Fsp3) is 0.381. The molecule has 0 aliphatic heterocycles. The van der Waals surface area contributed by atoms with Gasteiger partial charge in [0.05, 0.1) is 7.11 Å². The van der Waals surface area contributed by atoms with E-state index in [1.165, 1.54) is 10.5 Å². The van der Waals surface area contributed by atoms with Crippen molar-refractivity contribution >= 4 is 17.7 Å². The summed E-state index contributed by atoms with van der Waals surface area (Å²) in [5, 5.41) is 13.0. The van der Waals surface area contributed by atoms with Crippen LogP contribution in [0.25, 0.3) is 0 Å². The minimum absolute atomic E-state index is 0.158. The average Bonchev–Trinajstić information content (AvgIpc) is 2.69. The molecule has 0 aliphatic carbocycles. The van der Waals surface area contributed by atoms with Crippen LogP contribution in [0.3, 0.4) is 0 Å². The summed E-state index contributed by atoms with van der Waals surface area (Å²) in [6, 6.07) is 14.0. The topological polar surface area (TPSA) is 57.1 Å². The molecule has 0 heterocycles. The van der Waals surface area contributed by atoms with E-state index in [1.54, 1.807) is 24.9 Å². The van der Waals surface area contributed by atoms with Gasteiger partial charge in [0.2, 0.25) is 0 Å². The summed E-state index contributed by atoms with van der Waals surface area (Å²) in [4.78, 5) is 8.14. The van der Waals surface area contributed by atoms with Gasteiger partial charge in [-0.15, -0.1) is 11.8 Å². The molecule has 0 saturated heterocycles. The predicted octanol–water partition coefficient (Wildman–Crippen LogP) is 3.76. The zero-order chi connectivity index (χ0) is 19.6. The average molecular weight is 388 g/mol. The van der Waals surface area contributed by atoms with Gasteiger partial charge in [-0.2, -0.15) is 0 Å². The molecule has 0 radical (unpaired) electrons. The Labute approximate surface area is 166 Å². The van der Waals surface area contributed by atoms with Gasteiger partial charge >= 0.3 is 0 Å². The molecule has 0 aromatic heterocycles. The fourth-order valence-electron chi connectivity index (χ4n) is 2.72. The van der Waals surface area contributed by atoms with E-state index in [2.05, 4.69) is 47.7 Å². The Morgan fingerprint density at radius 3 is 2.52 bits per heavy atom. The number of methoxy groups -OCH3 is 1. The molecular formula is C21H29N3O2S.